The summed E-state index contributed by atoms with van der Waals surface area (Å²) in [7, 11) is 0. The lowest BCUT2D eigenvalue weighted by Crippen LogP contribution is -2.37. The number of rotatable bonds is 2. The molecule has 0 aliphatic carbocycles. The largest absolute Gasteiger partial charge is 0.464 e. The van der Waals surface area contributed by atoms with E-state index >= 15 is 0 Å². The van der Waals surface area contributed by atoms with E-state index in [2.05, 4.69) is 15.9 Å². The summed E-state index contributed by atoms with van der Waals surface area (Å²) in [5, 5.41) is 9.56. The highest BCUT2D eigenvalue weighted by Crippen LogP contribution is 2.26. The number of carbonyl (C=O) groups is 1. The molecular formula is C10H9BrClNO4S. The molecule has 0 aromatic heterocycles. The molecule has 18 heavy (non-hydrogen) atoms. The van der Waals surface area contributed by atoms with E-state index in [4.69, 9.17) is 20.9 Å². The first-order valence-corrected chi connectivity index (χ1v) is 7.20. The van der Waals surface area contributed by atoms with E-state index in [0.717, 1.165) is 14.3 Å². The molecule has 1 aliphatic heterocycles. The number of amides is 1. The van der Waals surface area contributed by atoms with Crippen molar-refractivity contribution in [3.8, 4) is 0 Å². The van der Waals surface area contributed by atoms with Crippen LogP contribution >= 0.6 is 27.5 Å². The zero-order valence-corrected chi connectivity index (χ0v) is 12.2. The molecule has 1 aliphatic rings. The normalized spacial score (nSPS) is 23.3. The van der Waals surface area contributed by atoms with Crippen LogP contribution in [0.4, 0.5) is 4.79 Å². The molecule has 1 fully saturated rings. The number of benzene rings is 1. The molecule has 0 saturated carbocycles. The van der Waals surface area contributed by atoms with Crippen LogP contribution in [0.3, 0.4) is 0 Å². The monoisotopic (exact) mass is 353 g/mol. The number of hydrogen-bond donors (Lipinski definition) is 1. The van der Waals surface area contributed by atoms with E-state index in [9.17, 15) is 9.00 Å². The second-order valence-corrected chi connectivity index (χ2v) is 6.06. The van der Waals surface area contributed by atoms with Gasteiger partial charge in [0.05, 0.1) is 12.6 Å². The highest BCUT2D eigenvalue weighted by Gasteiger charge is 2.36. The van der Waals surface area contributed by atoms with Crippen LogP contribution in [0.25, 0.3) is 0 Å². The molecule has 2 atom stereocenters. The van der Waals surface area contributed by atoms with Crippen molar-refractivity contribution in [3.63, 3.8) is 0 Å². The van der Waals surface area contributed by atoms with E-state index in [0.29, 0.717) is 11.4 Å². The molecule has 0 bridgehead atoms. The van der Waals surface area contributed by atoms with Gasteiger partial charge in [0.25, 0.3) is 11.3 Å². The Balaban J connectivity index is 2.18. The fraction of sp³-hybridized carbons (Fsp3) is 0.300. The summed E-state index contributed by atoms with van der Waals surface area (Å²) in [6.45, 7) is 0.119. The summed E-state index contributed by atoms with van der Waals surface area (Å²) in [5.74, 6) is 0. The van der Waals surface area contributed by atoms with Gasteiger partial charge in [0.15, 0.2) is 0 Å². The van der Waals surface area contributed by atoms with Crippen molar-refractivity contribution in [1.29, 1.82) is 0 Å². The van der Waals surface area contributed by atoms with Gasteiger partial charge in [-0.15, -0.1) is 0 Å². The van der Waals surface area contributed by atoms with Gasteiger partial charge in [-0.05, 0) is 24.1 Å². The molecule has 1 aromatic rings. The minimum Gasteiger partial charge on any atom is -0.464 e. The van der Waals surface area contributed by atoms with Crippen LogP contribution in [-0.4, -0.2) is 32.4 Å². The standard InChI is InChI=1S/C10H9BrClNO4S/c11-9-4-7(12)2-1-6(9)3-8-5-17-18(16)13(8)10(14)15/h1-2,4,8H,3,5H2,(H,14,15). The predicted molar refractivity (Wildman–Crippen MR) is 70.6 cm³/mol. The molecule has 1 saturated heterocycles. The molecule has 2 unspecified atom stereocenters. The van der Waals surface area contributed by atoms with Crippen LogP contribution in [0.5, 0.6) is 0 Å². The van der Waals surface area contributed by atoms with Gasteiger partial charge in [-0.25, -0.2) is 9.00 Å². The van der Waals surface area contributed by atoms with Crippen molar-refractivity contribution in [2.45, 2.75) is 12.5 Å². The molecule has 1 amide bonds. The third-order valence-electron chi connectivity index (χ3n) is 2.51. The van der Waals surface area contributed by atoms with Crippen molar-refractivity contribution in [1.82, 2.24) is 4.31 Å². The summed E-state index contributed by atoms with van der Waals surface area (Å²) >= 11 is 7.27. The van der Waals surface area contributed by atoms with Gasteiger partial charge >= 0.3 is 6.09 Å². The molecule has 0 spiro atoms. The lowest BCUT2D eigenvalue weighted by Gasteiger charge is -2.17. The Hall–Kier alpha value is -0.630. The highest BCUT2D eigenvalue weighted by atomic mass is 79.9. The second kappa shape index (κ2) is 5.56. The number of halogens is 2. The summed E-state index contributed by atoms with van der Waals surface area (Å²) in [6.07, 6.45) is -0.837. The van der Waals surface area contributed by atoms with Crippen molar-refractivity contribution < 1.29 is 18.3 Å². The van der Waals surface area contributed by atoms with E-state index in [1.54, 1.807) is 18.2 Å². The van der Waals surface area contributed by atoms with E-state index in [1.807, 2.05) is 0 Å². The first-order chi connectivity index (χ1) is 8.49. The molecule has 1 heterocycles. The van der Waals surface area contributed by atoms with Gasteiger partial charge in [-0.3, -0.25) is 4.18 Å². The SMILES string of the molecule is O=C(O)N1C(Cc2ccc(Cl)cc2Br)COS1=O. The third kappa shape index (κ3) is 2.85. The zero-order chi connectivity index (χ0) is 13.3. The Kier molecular flexibility index (Phi) is 4.26. The van der Waals surface area contributed by atoms with Gasteiger partial charge in [0.1, 0.15) is 0 Å². The summed E-state index contributed by atoms with van der Waals surface area (Å²) in [5.41, 5.74) is 0.887. The van der Waals surface area contributed by atoms with Gasteiger partial charge in [-0.2, -0.15) is 4.31 Å². The Bertz CT molecular complexity index is 513. The van der Waals surface area contributed by atoms with Gasteiger partial charge in [0.2, 0.25) is 0 Å². The van der Waals surface area contributed by atoms with Crippen molar-refractivity contribution in [2.75, 3.05) is 6.61 Å². The molecule has 0 radical (unpaired) electrons. The Morgan fingerprint density at radius 3 is 3.00 bits per heavy atom. The maximum Gasteiger partial charge on any atom is 0.421 e. The van der Waals surface area contributed by atoms with Crippen LogP contribution < -0.4 is 0 Å². The minimum atomic E-state index is -1.91. The van der Waals surface area contributed by atoms with Crippen LogP contribution in [0.2, 0.25) is 5.02 Å². The average Bonchev–Trinajstić information content (AvgIpc) is 2.64. The van der Waals surface area contributed by atoms with Crippen LogP contribution in [-0.2, 0) is 21.9 Å². The van der Waals surface area contributed by atoms with Crippen molar-refractivity contribution >= 4 is 44.9 Å². The molecule has 8 heteroatoms. The summed E-state index contributed by atoms with van der Waals surface area (Å²) < 4.78 is 17.8. The van der Waals surface area contributed by atoms with Crippen molar-refractivity contribution in [2.24, 2.45) is 0 Å². The van der Waals surface area contributed by atoms with E-state index in [1.165, 1.54) is 0 Å². The predicted octanol–water partition coefficient (Wildman–Crippen LogP) is 2.60. The second-order valence-electron chi connectivity index (χ2n) is 3.70. The Labute approximate surface area is 120 Å². The lowest BCUT2D eigenvalue weighted by atomic mass is 10.1. The fourth-order valence-electron chi connectivity index (χ4n) is 1.69. The molecule has 1 N–H and O–H groups in total. The smallest absolute Gasteiger partial charge is 0.421 e. The highest BCUT2D eigenvalue weighted by molar-refractivity contribution is 9.10. The molecule has 2 rings (SSSR count). The third-order valence-corrected chi connectivity index (χ3v) is 4.60. The van der Waals surface area contributed by atoms with E-state index < -0.39 is 23.4 Å². The van der Waals surface area contributed by atoms with Crippen LogP contribution in [0, 0.1) is 0 Å². The van der Waals surface area contributed by atoms with Gasteiger partial charge in [0, 0.05) is 9.50 Å². The topological polar surface area (TPSA) is 66.8 Å². The molecule has 5 nitrogen and oxygen atoms in total. The zero-order valence-electron chi connectivity index (χ0n) is 9.01. The first-order valence-electron chi connectivity index (χ1n) is 5.00. The van der Waals surface area contributed by atoms with Crippen LogP contribution in [0.15, 0.2) is 22.7 Å². The average molecular weight is 355 g/mol. The van der Waals surface area contributed by atoms with Gasteiger partial charge in [-0.1, -0.05) is 33.6 Å². The van der Waals surface area contributed by atoms with E-state index in [-0.39, 0.29) is 6.61 Å². The number of carboxylic acid groups (broad SMARTS) is 1. The summed E-state index contributed by atoms with van der Waals surface area (Å²) in [6, 6.07) is 4.79. The fourth-order valence-corrected chi connectivity index (χ4v) is 3.42. The van der Waals surface area contributed by atoms with Crippen LogP contribution in [0.1, 0.15) is 5.56 Å². The van der Waals surface area contributed by atoms with Crippen molar-refractivity contribution in [3.05, 3.63) is 33.3 Å². The quantitative estimate of drug-likeness (QED) is 0.886. The Morgan fingerprint density at radius 1 is 1.67 bits per heavy atom. The lowest BCUT2D eigenvalue weighted by molar-refractivity contribution is 0.165. The van der Waals surface area contributed by atoms with Gasteiger partial charge < -0.3 is 5.11 Å². The molecular weight excluding hydrogens is 346 g/mol. The molecule has 98 valence electrons. The number of hydrogen-bond acceptors (Lipinski definition) is 3. The maximum absolute atomic E-state index is 11.4. The first kappa shape index (κ1) is 13.8. The Morgan fingerprint density at radius 2 is 2.39 bits per heavy atom. The summed E-state index contributed by atoms with van der Waals surface area (Å²) in [4.78, 5) is 11.0. The molecule has 1 aromatic carbocycles. The minimum absolute atomic E-state index is 0.119. The maximum atomic E-state index is 11.4. The number of nitrogens with zero attached hydrogens (tertiary/aromatic N) is 1.